The number of likely N-dealkylation sites (N-methyl/N-ethyl adjacent to an activating group) is 1. The van der Waals surface area contributed by atoms with Crippen LogP contribution in [-0.2, 0) is 11.3 Å². The highest BCUT2D eigenvalue weighted by molar-refractivity contribution is 5.88. The van der Waals surface area contributed by atoms with E-state index in [1.165, 1.54) is 0 Å². The zero-order chi connectivity index (χ0) is 15.9. The molecule has 0 radical (unpaired) electrons. The first-order chi connectivity index (χ1) is 10.5. The van der Waals surface area contributed by atoms with E-state index in [0.29, 0.717) is 18.6 Å². The fourth-order valence-electron chi connectivity index (χ4n) is 2.55. The third-order valence-electron chi connectivity index (χ3n) is 3.91. The predicted molar refractivity (Wildman–Crippen MR) is 75.4 cm³/mol. The van der Waals surface area contributed by atoms with Crippen molar-refractivity contribution < 1.29 is 17.9 Å². The predicted octanol–water partition coefficient (Wildman–Crippen LogP) is 2.47. The number of hydrogen-bond acceptors (Lipinski definition) is 4. The molecule has 3 rings (SSSR count). The minimum absolute atomic E-state index is 0.0734. The minimum atomic E-state index is -1.47. The highest BCUT2D eigenvalue weighted by Crippen LogP contribution is 2.24. The molecule has 1 aromatic rings. The van der Waals surface area contributed by atoms with Crippen LogP contribution in [0.2, 0.25) is 0 Å². The summed E-state index contributed by atoms with van der Waals surface area (Å²) in [5.41, 5.74) is 0.216. The smallest absolute Gasteiger partial charge is 0.214 e. The number of ether oxygens (including phenoxy) is 1. The summed E-state index contributed by atoms with van der Waals surface area (Å²) in [6, 6.07) is 2.23. The van der Waals surface area contributed by atoms with E-state index in [9.17, 15) is 13.2 Å². The van der Waals surface area contributed by atoms with Gasteiger partial charge in [-0.25, -0.2) is 18.2 Å². The van der Waals surface area contributed by atoms with E-state index in [-0.39, 0.29) is 12.2 Å². The Morgan fingerprint density at radius 2 is 1.95 bits per heavy atom. The molecule has 4 nitrogen and oxygen atoms in total. The monoisotopic (exact) mass is 311 g/mol. The molecule has 1 fully saturated rings. The first kappa shape index (κ1) is 14.7. The molecule has 0 spiro atoms. The number of benzene rings is 1. The second kappa shape index (κ2) is 5.55. The lowest BCUT2D eigenvalue weighted by Gasteiger charge is -2.24. The van der Waals surface area contributed by atoms with Crippen molar-refractivity contribution in [3.8, 4) is 0 Å². The molecule has 2 heterocycles. The van der Waals surface area contributed by atoms with Gasteiger partial charge in [-0.3, -0.25) is 0 Å². The number of nitrogens with zero attached hydrogens (tertiary/aromatic N) is 3. The molecule has 22 heavy (non-hydrogen) atoms. The van der Waals surface area contributed by atoms with Crippen LogP contribution in [0.25, 0.3) is 0 Å². The van der Waals surface area contributed by atoms with Crippen LogP contribution in [0, 0.1) is 17.5 Å². The summed E-state index contributed by atoms with van der Waals surface area (Å²) < 4.78 is 44.7. The van der Waals surface area contributed by atoms with Gasteiger partial charge in [0.05, 0.1) is 0 Å². The van der Waals surface area contributed by atoms with Crippen molar-refractivity contribution in [2.75, 3.05) is 20.3 Å². The van der Waals surface area contributed by atoms with E-state index < -0.39 is 17.5 Å². The molecule has 1 saturated heterocycles. The van der Waals surface area contributed by atoms with Crippen LogP contribution < -0.4 is 0 Å². The Balaban J connectivity index is 1.69. The molecule has 0 aliphatic carbocycles. The second-order valence-electron chi connectivity index (χ2n) is 5.48. The summed E-state index contributed by atoms with van der Waals surface area (Å²) in [6.45, 7) is 3.43. The third kappa shape index (κ3) is 2.63. The quantitative estimate of drug-likeness (QED) is 0.786. The van der Waals surface area contributed by atoms with Crippen LogP contribution >= 0.6 is 0 Å². The Morgan fingerprint density at radius 3 is 2.64 bits per heavy atom. The number of fused-ring (bicyclic) bond motifs is 1. The zero-order valence-corrected chi connectivity index (χ0v) is 12.3. The lowest BCUT2D eigenvalue weighted by Crippen LogP contribution is -2.27. The topological polar surface area (TPSA) is 28.1 Å². The first-order valence-electron chi connectivity index (χ1n) is 6.96. The van der Waals surface area contributed by atoms with Gasteiger partial charge in [0.2, 0.25) is 5.90 Å². The molecule has 2 aliphatic rings. The maximum Gasteiger partial charge on any atom is 0.214 e. The van der Waals surface area contributed by atoms with E-state index in [0.717, 1.165) is 24.5 Å². The van der Waals surface area contributed by atoms with Crippen molar-refractivity contribution in [3.63, 3.8) is 0 Å². The molecular formula is C15H16F3N3O. The molecule has 7 heteroatoms. The molecule has 0 N–H and O–H groups in total. The van der Waals surface area contributed by atoms with Gasteiger partial charge in [0.25, 0.3) is 0 Å². The maximum atomic E-state index is 13.2. The fraction of sp³-hybridized carbons (Fsp3) is 0.400. The van der Waals surface area contributed by atoms with Gasteiger partial charge in [-0.05, 0) is 24.6 Å². The Labute approximate surface area is 126 Å². The van der Waals surface area contributed by atoms with E-state index in [1.807, 2.05) is 7.05 Å². The first-order valence-corrected chi connectivity index (χ1v) is 6.96. The molecule has 118 valence electrons. The molecule has 1 aromatic carbocycles. The van der Waals surface area contributed by atoms with E-state index >= 15 is 0 Å². The van der Waals surface area contributed by atoms with Crippen molar-refractivity contribution >= 4 is 5.90 Å². The van der Waals surface area contributed by atoms with Crippen molar-refractivity contribution in [2.45, 2.75) is 19.6 Å². The SMILES string of the molecule is C[C@@H]1CN2CN=C(OCc3cc(F)c(F)c(F)c3)C=C2N1C. The highest BCUT2D eigenvalue weighted by atomic mass is 19.2. The van der Waals surface area contributed by atoms with Gasteiger partial charge in [0.15, 0.2) is 17.5 Å². The van der Waals surface area contributed by atoms with Crippen LogP contribution in [0.15, 0.2) is 29.0 Å². The molecule has 0 unspecified atom stereocenters. The maximum absolute atomic E-state index is 13.2. The van der Waals surface area contributed by atoms with Gasteiger partial charge < -0.3 is 14.5 Å². The molecule has 0 aromatic heterocycles. The van der Waals surface area contributed by atoms with Crippen molar-refractivity contribution in [1.29, 1.82) is 0 Å². The lowest BCUT2D eigenvalue weighted by molar-refractivity contribution is 0.277. The second-order valence-corrected chi connectivity index (χ2v) is 5.48. The average Bonchev–Trinajstić information content (AvgIpc) is 2.77. The Morgan fingerprint density at radius 1 is 1.27 bits per heavy atom. The van der Waals surface area contributed by atoms with Gasteiger partial charge in [0, 0.05) is 25.7 Å². The molecule has 0 saturated carbocycles. The summed E-state index contributed by atoms with van der Waals surface area (Å²) in [5.74, 6) is -2.51. The standard InChI is InChI=1S/C15H16F3N3O/c1-9-6-21-8-19-13(5-14(21)20(9)2)22-7-10-3-11(16)15(18)12(17)4-10/h3-5,9H,6-8H2,1-2H3/t9-/m1/s1. The van der Waals surface area contributed by atoms with E-state index in [1.54, 1.807) is 6.08 Å². The molecule has 0 bridgehead atoms. The molecular weight excluding hydrogens is 295 g/mol. The number of rotatable bonds is 2. The summed E-state index contributed by atoms with van der Waals surface area (Å²) in [6.07, 6.45) is 1.79. The molecule has 2 aliphatic heterocycles. The lowest BCUT2D eigenvalue weighted by atomic mass is 10.2. The van der Waals surface area contributed by atoms with Gasteiger partial charge in [-0.2, -0.15) is 0 Å². The van der Waals surface area contributed by atoms with Crippen molar-refractivity contribution in [2.24, 2.45) is 4.99 Å². The summed E-state index contributed by atoms with van der Waals surface area (Å²) in [5, 5.41) is 0. The van der Waals surface area contributed by atoms with Crippen LogP contribution in [0.4, 0.5) is 13.2 Å². The van der Waals surface area contributed by atoms with Crippen molar-refractivity contribution in [3.05, 3.63) is 47.0 Å². The van der Waals surface area contributed by atoms with Gasteiger partial charge in [0.1, 0.15) is 19.1 Å². The molecule has 1 atom stereocenters. The minimum Gasteiger partial charge on any atom is -0.473 e. The summed E-state index contributed by atoms with van der Waals surface area (Å²) in [7, 11) is 1.99. The number of hydrogen-bond donors (Lipinski definition) is 0. The Hall–Kier alpha value is -2.18. The Bertz CT molecular complexity index is 632. The van der Waals surface area contributed by atoms with Gasteiger partial charge >= 0.3 is 0 Å². The third-order valence-corrected chi connectivity index (χ3v) is 3.91. The van der Waals surface area contributed by atoms with Crippen LogP contribution in [0.1, 0.15) is 12.5 Å². The van der Waals surface area contributed by atoms with Crippen LogP contribution in [-0.4, -0.2) is 42.0 Å². The highest BCUT2D eigenvalue weighted by Gasteiger charge is 2.30. The van der Waals surface area contributed by atoms with Crippen LogP contribution in [0.3, 0.4) is 0 Å². The van der Waals surface area contributed by atoms with E-state index in [2.05, 4.69) is 21.7 Å². The summed E-state index contributed by atoms with van der Waals surface area (Å²) in [4.78, 5) is 8.51. The number of halogens is 3. The Kier molecular flexibility index (Phi) is 3.72. The summed E-state index contributed by atoms with van der Waals surface area (Å²) >= 11 is 0. The average molecular weight is 311 g/mol. The largest absolute Gasteiger partial charge is 0.473 e. The van der Waals surface area contributed by atoms with Gasteiger partial charge in [-0.1, -0.05) is 0 Å². The van der Waals surface area contributed by atoms with Crippen molar-refractivity contribution in [1.82, 2.24) is 9.80 Å². The van der Waals surface area contributed by atoms with Crippen LogP contribution in [0.5, 0.6) is 0 Å². The normalized spacial score (nSPS) is 20.7. The zero-order valence-electron chi connectivity index (χ0n) is 12.3. The fourth-order valence-corrected chi connectivity index (χ4v) is 2.55. The molecule has 0 amide bonds. The van der Waals surface area contributed by atoms with Gasteiger partial charge in [-0.15, -0.1) is 0 Å². The number of aliphatic imine (C=N–C) groups is 1. The van der Waals surface area contributed by atoms with E-state index in [4.69, 9.17) is 4.74 Å².